The van der Waals surface area contributed by atoms with Crippen molar-refractivity contribution < 1.29 is 5.11 Å². The van der Waals surface area contributed by atoms with E-state index < -0.39 is 5.60 Å². The van der Waals surface area contributed by atoms with Gasteiger partial charge >= 0.3 is 0 Å². The van der Waals surface area contributed by atoms with E-state index in [1.165, 1.54) is 32.5 Å². The van der Waals surface area contributed by atoms with Crippen molar-refractivity contribution in [2.24, 2.45) is 0 Å². The number of aliphatic hydroxyl groups is 1. The summed E-state index contributed by atoms with van der Waals surface area (Å²) in [6, 6.07) is 0.772. The van der Waals surface area contributed by atoms with Gasteiger partial charge in [0.1, 0.15) is 0 Å². The maximum atomic E-state index is 10.6. The fourth-order valence-corrected chi connectivity index (χ4v) is 3.67. The Balaban J connectivity index is 1.54. The summed E-state index contributed by atoms with van der Waals surface area (Å²) in [6.45, 7) is 7.66. The van der Waals surface area contributed by atoms with Gasteiger partial charge in [-0.3, -0.25) is 9.80 Å². The Morgan fingerprint density at radius 1 is 1.18 bits per heavy atom. The predicted octanol–water partition coefficient (Wildman–Crippen LogP) is -0.119. The first-order valence-electron chi connectivity index (χ1n) is 7.15. The molecule has 3 fully saturated rings. The molecule has 2 N–H and O–H groups in total. The average Bonchev–Trinajstić information content (AvgIpc) is 2.76. The van der Waals surface area contributed by atoms with Crippen molar-refractivity contribution in [2.75, 3.05) is 45.8 Å². The SMILES string of the molecule is OC1(CN2CCN3CCCC3C2)CCNCC1. The van der Waals surface area contributed by atoms with Crippen LogP contribution in [0.5, 0.6) is 0 Å². The summed E-state index contributed by atoms with van der Waals surface area (Å²) in [4.78, 5) is 5.13. The van der Waals surface area contributed by atoms with Gasteiger partial charge in [0.05, 0.1) is 5.60 Å². The van der Waals surface area contributed by atoms with Gasteiger partial charge < -0.3 is 10.4 Å². The van der Waals surface area contributed by atoms with Crippen molar-refractivity contribution in [3.8, 4) is 0 Å². The second kappa shape index (κ2) is 4.84. The molecule has 98 valence electrons. The lowest BCUT2D eigenvalue weighted by Crippen LogP contribution is -2.56. The number of β-amino-alcohol motifs (C(OH)–C–C–N with tert-alkyl or cyclic N) is 1. The quantitative estimate of drug-likeness (QED) is 0.705. The molecule has 0 aromatic heterocycles. The van der Waals surface area contributed by atoms with Crippen LogP contribution in [0.2, 0.25) is 0 Å². The number of nitrogens with zero attached hydrogens (tertiary/aromatic N) is 2. The zero-order valence-corrected chi connectivity index (χ0v) is 10.7. The van der Waals surface area contributed by atoms with Crippen LogP contribution in [0.15, 0.2) is 0 Å². The molecular weight excluding hydrogens is 214 g/mol. The van der Waals surface area contributed by atoms with E-state index in [1.54, 1.807) is 0 Å². The van der Waals surface area contributed by atoms with Crippen molar-refractivity contribution in [3.05, 3.63) is 0 Å². The van der Waals surface area contributed by atoms with Crippen molar-refractivity contribution >= 4 is 0 Å². The van der Waals surface area contributed by atoms with Crippen molar-refractivity contribution in [1.82, 2.24) is 15.1 Å². The van der Waals surface area contributed by atoms with Gasteiger partial charge in [-0.2, -0.15) is 0 Å². The molecule has 4 nitrogen and oxygen atoms in total. The third-order valence-corrected chi connectivity index (χ3v) is 4.72. The van der Waals surface area contributed by atoms with Gasteiger partial charge in [-0.25, -0.2) is 0 Å². The first-order chi connectivity index (χ1) is 8.25. The Bertz CT molecular complexity index is 265. The molecule has 3 rings (SSSR count). The zero-order chi connectivity index (χ0) is 11.7. The summed E-state index contributed by atoms with van der Waals surface area (Å²) >= 11 is 0. The van der Waals surface area contributed by atoms with Gasteiger partial charge in [-0.05, 0) is 45.3 Å². The highest BCUT2D eigenvalue weighted by Crippen LogP contribution is 2.25. The summed E-state index contributed by atoms with van der Waals surface area (Å²) in [5, 5.41) is 13.9. The number of hydrogen-bond acceptors (Lipinski definition) is 4. The Morgan fingerprint density at radius 3 is 2.82 bits per heavy atom. The van der Waals surface area contributed by atoms with Crippen LogP contribution >= 0.6 is 0 Å². The molecule has 0 saturated carbocycles. The highest BCUT2D eigenvalue weighted by atomic mass is 16.3. The second-order valence-corrected chi connectivity index (χ2v) is 6.04. The van der Waals surface area contributed by atoms with E-state index in [9.17, 15) is 5.11 Å². The molecule has 3 aliphatic rings. The van der Waals surface area contributed by atoms with E-state index in [4.69, 9.17) is 0 Å². The zero-order valence-electron chi connectivity index (χ0n) is 10.7. The summed E-state index contributed by atoms with van der Waals surface area (Å²) in [5.41, 5.74) is -0.425. The number of piperidine rings is 1. The molecule has 3 aliphatic heterocycles. The van der Waals surface area contributed by atoms with Gasteiger partial charge in [0.15, 0.2) is 0 Å². The predicted molar refractivity (Wildman–Crippen MR) is 68.1 cm³/mol. The lowest BCUT2D eigenvalue weighted by atomic mass is 9.91. The summed E-state index contributed by atoms with van der Waals surface area (Å²) in [5.74, 6) is 0. The normalized spacial score (nSPS) is 34.8. The van der Waals surface area contributed by atoms with Crippen molar-refractivity contribution in [2.45, 2.75) is 37.3 Å². The molecule has 0 spiro atoms. The average molecular weight is 239 g/mol. The molecule has 1 atom stereocenters. The van der Waals surface area contributed by atoms with E-state index in [1.807, 2.05) is 0 Å². The largest absolute Gasteiger partial charge is 0.388 e. The monoisotopic (exact) mass is 239 g/mol. The number of nitrogens with one attached hydrogen (secondary N) is 1. The Morgan fingerprint density at radius 2 is 2.00 bits per heavy atom. The fraction of sp³-hybridized carbons (Fsp3) is 1.00. The van der Waals surface area contributed by atoms with Crippen LogP contribution < -0.4 is 5.32 Å². The van der Waals surface area contributed by atoms with Crippen molar-refractivity contribution in [1.29, 1.82) is 0 Å². The van der Waals surface area contributed by atoms with Crippen LogP contribution in [0.3, 0.4) is 0 Å². The Hall–Kier alpha value is -0.160. The number of fused-ring (bicyclic) bond motifs is 1. The van der Waals surface area contributed by atoms with E-state index in [-0.39, 0.29) is 0 Å². The molecule has 3 saturated heterocycles. The standard InChI is InChI=1S/C13H25N3O/c17-13(3-5-14-6-4-13)11-15-8-9-16-7-1-2-12(16)10-15/h12,14,17H,1-11H2. The highest BCUT2D eigenvalue weighted by molar-refractivity contribution is 4.92. The molecule has 0 aromatic carbocycles. The van der Waals surface area contributed by atoms with Crippen LogP contribution in [0.4, 0.5) is 0 Å². The van der Waals surface area contributed by atoms with E-state index >= 15 is 0 Å². The minimum atomic E-state index is -0.425. The molecule has 0 radical (unpaired) electrons. The smallest absolute Gasteiger partial charge is 0.0798 e. The van der Waals surface area contributed by atoms with Gasteiger partial charge in [0.25, 0.3) is 0 Å². The Kier molecular flexibility index (Phi) is 3.39. The Labute approximate surface area is 104 Å². The minimum absolute atomic E-state index is 0.425. The lowest BCUT2D eigenvalue weighted by Gasteiger charge is -2.42. The molecule has 4 heteroatoms. The van der Waals surface area contributed by atoms with Crippen LogP contribution in [0, 0.1) is 0 Å². The second-order valence-electron chi connectivity index (χ2n) is 6.04. The number of hydrogen-bond donors (Lipinski definition) is 2. The first kappa shape index (κ1) is 11.9. The van der Waals surface area contributed by atoms with Crippen LogP contribution in [0.25, 0.3) is 0 Å². The van der Waals surface area contributed by atoms with E-state index in [0.29, 0.717) is 0 Å². The summed E-state index contributed by atoms with van der Waals surface area (Å²) < 4.78 is 0. The van der Waals surface area contributed by atoms with Crippen LogP contribution in [-0.4, -0.2) is 72.4 Å². The molecule has 0 bridgehead atoms. The molecule has 0 aromatic rings. The summed E-state index contributed by atoms with van der Waals surface area (Å²) in [7, 11) is 0. The maximum Gasteiger partial charge on any atom is 0.0798 e. The minimum Gasteiger partial charge on any atom is -0.388 e. The van der Waals surface area contributed by atoms with Gasteiger partial charge in [0, 0.05) is 32.2 Å². The molecule has 0 aliphatic carbocycles. The third kappa shape index (κ3) is 2.65. The topological polar surface area (TPSA) is 38.7 Å². The number of rotatable bonds is 2. The molecule has 3 heterocycles. The molecular formula is C13H25N3O. The highest BCUT2D eigenvalue weighted by Gasteiger charge is 2.36. The fourth-order valence-electron chi connectivity index (χ4n) is 3.67. The first-order valence-corrected chi connectivity index (χ1v) is 7.15. The van der Waals surface area contributed by atoms with E-state index in [2.05, 4.69) is 15.1 Å². The summed E-state index contributed by atoms with van der Waals surface area (Å²) in [6.07, 6.45) is 4.55. The third-order valence-electron chi connectivity index (χ3n) is 4.72. The molecule has 1 unspecified atom stereocenters. The van der Waals surface area contributed by atoms with Crippen LogP contribution in [0.1, 0.15) is 25.7 Å². The van der Waals surface area contributed by atoms with Gasteiger partial charge in [0.2, 0.25) is 0 Å². The van der Waals surface area contributed by atoms with E-state index in [0.717, 1.165) is 45.1 Å². The molecule has 0 amide bonds. The maximum absolute atomic E-state index is 10.6. The van der Waals surface area contributed by atoms with Gasteiger partial charge in [-0.1, -0.05) is 0 Å². The molecule has 17 heavy (non-hydrogen) atoms. The van der Waals surface area contributed by atoms with Gasteiger partial charge in [-0.15, -0.1) is 0 Å². The lowest BCUT2D eigenvalue weighted by molar-refractivity contribution is -0.0354. The van der Waals surface area contributed by atoms with Crippen molar-refractivity contribution in [3.63, 3.8) is 0 Å². The number of piperazine rings is 1. The van der Waals surface area contributed by atoms with Crippen LogP contribution in [-0.2, 0) is 0 Å².